The molecule has 0 saturated heterocycles. The molecule has 0 unspecified atom stereocenters. The van der Waals surface area contributed by atoms with Crippen LogP contribution < -0.4 is 9.80 Å². The van der Waals surface area contributed by atoms with Crippen LogP contribution in [0.25, 0.3) is 70.9 Å². The first kappa shape index (κ1) is 36.2. The molecular formula is C60H46N2O2. The third-order valence-corrected chi connectivity index (χ3v) is 15.0. The van der Waals surface area contributed by atoms with Gasteiger partial charge >= 0.3 is 0 Å². The van der Waals surface area contributed by atoms with Crippen molar-refractivity contribution in [3.05, 3.63) is 192 Å². The van der Waals surface area contributed by atoms with E-state index in [2.05, 4.69) is 180 Å². The lowest BCUT2D eigenvalue weighted by Gasteiger charge is -2.35. The number of rotatable bonds is 8. The number of anilines is 5. The molecular weight excluding hydrogens is 781 g/mol. The zero-order chi connectivity index (χ0) is 41.9. The topological polar surface area (TPSA) is 32.8 Å². The molecule has 0 N–H and O–H groups in total. The van der Waals surface area contributed by atoms with Gasteiger partial charge in [0.1, 0.15) is 11.2 Å². The summed E-state index contributed by atoms with van der Waals surface area (Å²) >= 11 is 0. The second-order valence-corrected chi connectivity index (χ2v) is 18.4. The average molecular weight is 827 g/mol. The van der Waals surface area contributed by atoms with Crippen LogP contribution in [0.4, 0.5) is 28.4 Å². The van der Waals surface area contributed by atoms with Crippen molar-refractivity contribution in [1.82, 2.24) is 0 Å². The highest BCUT2D eigenvalue weighted by Gasteiger charge is 2.33. The fourth-order valence-corrected chi connectivity index (χ4v) is 11.6. The molecule has 4 nitrogen and oxygen atoms in total. The minimum Gasteiger partial charge on any atom is -0.454 e. The first-order valence-corrected chi connectivity index (χ1v) is 23.4. The summed E-state index contributed by atoms with van der Waals surface area (Å²) in [6.45, 7) is 0. The summed E-state index contributed by atoms with van der Waals surface area (Å²) in [5.74, 6) is 2.01. The highest BCUT2D eigenvalue weighted by Crippen LogP contribution is 2.55. The molecule has 2 saturated carbocycles. The molecule has 3 aliphatic rings. The molecule has 4 heteroatoms. The smallest absolute Gasteiger partial charge is 0.159 e. The number of benzene rings is 9. The van der Waals surface area contributed by atoms with Gasteiger partial charge in [-0.3, -0.25) is 0 Å². The SMILES string of the molecule is C1=C(N(c2ccccc2)c2cc(C3CCC3)c3ccc4c(N(c5ccccc5)c5cccc6c5oc5ccccc56)cc(C5CCC5)c5ccc2c3c54)c2oc3ccccc3c2CC1. The third kappa shape index (κ3) is 5.29. The molecule has 9 aromatic carbocycles. The van der Waals surface area contributed by atoms with Gasteiger partial charge in [0.25, 0.3) is 0 Å². The monoisotopic (exact) mass is 826 g/mol. The molecule has 2 fully saturated rings. The van der Waals surface area contributed by atoms with Gasteiger partial charge in [0, 0.05) is 43.9 Å². The van der Waals surface area contributed by atoms with Gasteiger partial charge in [-0.2, -0.15) is 0 Å². The largest absolute Gasteiger partial charge is 0.454 e. The van der Waals surface area contributed by atoms with Gasteiger partial charge < -0.3 is 18.6 Å². The molecule has 3 aliphatic carbocycles. The van der Waals surface area contributed by atoms with E-state index in [-0.39, 0.29) is 0 Å². The lowest BCUT2D eigenvalue weighted by atomic mass is 9.74. The van der Waals surface area contributed by atoms with Gasteiger partial charge in [-0.05, 0) is 138 Å². The molecule has 0 amide bonds. The van der Waals surface area contributed by atoms with Gasteiger partial charge in [-0.15, -0.1) is 0 Å². The fourth-order valence-electron chi connectivity index (χ4n) is 11.6. The van der Waals surface area contributed by atoms with Crippen molar-refractivity contribution in [3.63, 3.8) is 0 Å². The summed E-state index contributed by atoms with van der Waals surface area (Å²) in [7, 11) is 0. The summed E-state index contributed by atoms with van der Waals surface area (Å²) in [6, 6.07) is 60.5. The third-order valence-electron chi connectivity index (χ3n) is 15.0. The number of allylic oxidation sites excluding steroid dienone is 1. The predicted octanol–water partition coefficient (Wildman–Crippen LogP) is 17.4. The maximum absolute atomic E-state index is 6.88. The van der Waals surface area contributed by atoms with E-state index in [1.807, 2.05) is 0 Å². The van der Waals surface area contributed by atoms with Crippen molar-refractivity contribution in [3.8, 4) is 0 Å². The number of furan rings is 2. The van der Waals surface area contributed by atoms with Crippen LogP contribution in [0.3, 0.4) is 0 Å². The average Bonchev–Trinajstić information content (AvgIpc) is 3.89. The van der Waals surface area contributed by atoms with E-state index in [1.165, 1.54) is 104 Å². The Kier molecular flexibility index (Phi) is 7.98. The Hall–Kier alpha value is -7.30. The summed E-state index contributed by atoms with van der Waals surface area (Å²) in [6.07, 6.45) is 11.7. The van der Waals surface area contributed by atoms with Crippen LogP contribution in [0, 0.1) is 0 Å². The van der Waals surface area contributed by atoms with Crippen LogP contribution in [0.2, 0.25) is 0 Å². The van der Waals surface area contributed by atoms with Gasteiger partial charge in [0.15, 0.2) is 11.3 Å². The Morgan fingerprint density at radius 1 is 0.422 bits per heavy atom. The second-order valence-electron chi connectivity index (χ2n) is 18.4. The van der Waals surface area contributed by atoms with Crippen molar-refractivity contribution in [1.29, 1.82) is 0 Å². The van der Waals surface area contributed by atoms with E-state index in [1.54, 1.807) is 0 Å². The van der Waals surface area contributed by atoms with E-state index < -0.39 is 0 Å². The molecule has 0 radical (unpaired) electrons. The van der Waals surface area contributed by atoms with Crippen LogP contribution in [0.1, 0.15) is 79.2 Å². The van der Waals surface area contributed by atoms with Crippen LogP contribution in [-0.4, -0.2) is 0 Å². The minimum atomic E-state index is 0.508. The minimum absolute atomic E-state index is 0.508. The quantitative estimate of drug-likeness (QED) is 0.143. The van der Waals surface area contributed by atoms with E-state index in [0.29, 0.717) is 11.8 Å². The molecule has 0 bridgehead atoms. The summed E-state index contributed by atoms with van der Waals surface area (Å²) < 4.78 is 13.7. The molecule has 0 aliphatic heterocycles. The molecule has 2 aromatic heterocycles. The zero-order valence-electron chi connectivity index (χ0n) is 35.7. The van der Waals surface area contributed by atoms with E-state index in [4.69, 9.17) is 8.83 Å². The molecule has 2 heterocycles. The molecule has 14 rings (SSSR count). The summed E-state index contributed by atoms with van der Waals surface area (Å²) in [5, 5.41) is 11.5. The lowest BCUT2D eigenvalue weighted by Crippen LogP contribution is -2.19. The number of hydrogen-bond acceptors (Lipinski definition) is 4. The first-order valence-electron chi connectivity index (χ1n) is 23.4. The van der Waals surface area contributed by atoms with Gasteiger partial charge in [0.05, 0.1) is 22.8 Å². The Labute approximate surface area is 372 Å². The Bertz CT molecular complexity index is 3640. The molecule has 0 spiro atoms. The molecule has 11 aromatic rings. The Morgan fingerprint density at radius 3 is 1.58 bits per heavy atom. The van der Waals surface area contributed by atoms with Crippen molar-refractivity contribution >= 4 is 99.4 Å². The normalized spacial score (nSPS) is 15.6. The zero-order valence-corrected chi connectivity index (χ0v) is 35.7. The van der Waals surface area contributed by atoms with E-state index in [0.717, 1.165) is 68.9 Å². The van der Waals surface area contributed by atoms with Crippen LogP contribution >= 0.6 is 0 Å². The van der Waals surface area contributed by atoms with Crippen molar-refractivity contribution in [2.24, 2.45) is 0 Å². The molecule has 0 atom stereocenters. The standard InChI is InChI=1S/C60H46N2O2/c1-3-19-39(20-4-1)61(51-27-13-25-45-41-23-7-9-29-55(41)63-59(45)51)53-35-49(37-15-11-16-37)43-32-34-48-54(36-50(38-17-12-18-38)44-31-33-47(53)57(43)58(44)48)62(40-21-5-2-6-22-40)52-28-14-26-46-42-24-8-10-30-56(42)64-60(46)52/h1-10,13,19-25,27-38H,11-12,14-18,26H2. The number of nitrogens with zero attached hydrogens (tertiary/aromatic N) is 2. The predicted molar refractivity (Wildman–Crippen MR) is 266 cm³/mol. The molecule has 64 heavy (non-hydrogen) atoms. The highest BCUT2D eigenvalue weighted by molar-refractivity contribution is 6.30. The first-order chi connectivity index (χ1) is 31.8. The van der Waals surface area contributed by atoms with Gasteiger partial charge in [-0.1, -0.05) is 128 Å². The second kappa shape index (κ2) is 14.1. The van der Waals surface area contributed by atoms with E-state index >= 15 is 0 Å². The van der Waals surface area contributed by atoms with Crippen molar-refractivity contribution in [2.75, 3.05) is 9.80 Å². The molecule has 308 valence electrons. The Balaban J connectivity index is 1.09. The maximum atomic E-state index is 6.88. The highest BCUT2D eigenvalue weighted by atomic mass is 16.3. The van der Waals surface area contributed by atoms with Crippen LogP contribution in [-0.2, 0) is 6.42 Å². The van der Waals surface area contributed by atoms with Crippen molar-refractivity contribution in [2.45, 2.75) is 63.2 Å². The number of fused-ring (bicyclic) bond motifs is 6. The fraction of sp³-hybridized carbons (Fsp3) is 0.167. The maximum Gasteiger partial charge on any atom is 0.159 e. The van der Waals surface area contributed by atoms with Gasteiger partial charge in [0.2, 0.25) is 0 Å². The lowest BCUT2D eigenvalue weighted by molar-refractivity contribution is 0.422. The number of aryl methyl sites for hydroxylation is 1. The van der Waals surface area contributed by atoms with E-state index in [9.17, 15) is 0 Å². The number of para-hydroxylation sites is 5. The van der Waals surface area contributed by atoms with Crippen LogP contribution in [0.5, 0.6) is 0 Å². The van der Waals surface area contributed by atoms with Gasteiger partial charge in [-0.25, -0.2) is 0 Å². The summed E-state index contributed by atoms with van der Waals surface area (Å²) in [4.78, 5) is 5.01. The summed E-state index contributed by atoms with van der Waals surface area (Å²) in [5.41, 5.74) is 13.8. The van der Waals surface area contributed by atoms with Crippen molar-refractivity contribution < 1.29 is 8.83 Å². The number of hydrogen-bond donors (Lipinski definition) is 0. The Morgan fingerprint density at radius 2 is 0.953 bits per heavy atom. The van der Waals surface area contributed by atoms with Crippen LogP contribution in [0.15, 0.2) is 179 Å².